The van der Waals surface area contributed by atoms with Crippen molar-refractivity contribution in [3.63, 3.8) is 0 Å². The summed E-state index contributed by atoms with van der Waals surface area (Å²) >= 11 is 0. The molecule has 0 aliphatic heterocycles. The Morgan fingerprint density at radius 3 is 1.19 bits per heavy atom. The first-order valence-electron chi connectivity index (χ1n) is 17.3. The van der Waals surface area contributed by atoms with Gasteiger partial charge in [0.15, 0.2) is 10.9 Å². The monoisotopic (exact) mass is 672 g/mol. The number of benzene rings is 7. The van der Waals surface area contributed by atoms with Gasteiger partial charge in [0.2, 0.25) is 0 Å². The molecule has 11 aromatic rings. The average molecular weight is 673 g/mol. The van der Waals surface area contributed by atoms with E-state index in [-0.39, 0.29) is 10.9 Å². The Kier molecular flexibility index (Phi) is 5.72. The molecule has 11 rings (SSSR count). The highest BCUT2D eigenvalue weighted by atomic mass is 16.3. The molecule has 0 aliphatic rings. The molecule has 0 spiro atoms. The predicted molar refractivity (Wildman–Crippen MR) is 212 cm³/mol. The number of aromatic nitrogens is 2. The van der Waals surface area contributed by atoms with Crippen molar-refractivity contribution in [3.05, 3.63) is 154 Å². The van der Waals surface area contributed by atoms with Crippen molar-refractivity contribution in [2.24, 2.45) is 14.1 Å². The summed E-state index contributed by atoms with van der Waals surface area (Å²) in [6.45, 7) is 0. The summed E-state index contributed by atoms with van der Waals surface area (Å²) in [6, 6.07) is 43.8. The van der Waals surface area contributed by atoms with Crippen molar-refractivity contribution < 1.29 is 8.83 Å². The van der Waals surface area contributed by atoms with E-state index in [4.69, 9.17) is 8.83 Å². The molecule has 0 unspecified atom stereocenters. The second-order valence-corrected chi connectivity index (χ2v) is 13.6. The maximum absolute atomic E-state index is 14.5. The van der Waals surface area contributed by atoms with Crippen LogP contribution in [0.2, 0.25) is 0 Å². The summed E-state index contributed by atoms with van der Waals surface area (Å²) in [6.07, 6.45) is 0. The molecule has 0 saturated heterocycles. The van der Waals surface area contributed by atoms with Crippen LogP contribution in [0.1, 0.15) is 0 Å². The molecule has 7 aromatic carbocycles. The third-order valence-corrected chi connectivity index (χ3v) is 10.9. The van der Waals surface area contributed by atoms with Crippen molar-refractivity contribution in [3.8, 4) is 22.3 Å². The third-order valence-electron chi connectivity index (χ3n) is 10.9. The molecular formula is C46H28N2O4. The molecule has 0 amide bonds. The average Bonchev–Trinajstić information content (AvgIpc) is 3.77. The number of furan rings is 2. The Bertz CT molecular complexity index is 3250. The van der Waals surface area contributed by atoms with Gasteiger partial charge in [0.25, 0.3) is 0 Å². The molecule has 0 aliphatic carbocycles. The summed E-state index contributed by atoms with van der Waals surface area (Å²) in [5, 5.41) is 6.44. The zero-order chi connectivity index (χ0) is 34.8. The van der Waals surface area contributed by atoms with Gasteiger partial charge in [0, 0.05) is 79.4 Å². The van der Waals surface area contributed by atoms with Crippen LogP contribution in [0.5, 0.6) is 0 Å². The molecule has 246 valence electrons. The lowest BCUT2D eigenvalue weighted by Gasteiger charge is -2.18. The van der Waals surface area contributed by atoms with E-state index in [9.17, 15) is 9.59 Å². The fourth-order valence-electron chi connectivity index (χ4n) is 8.56. The first kappa shape index (κ1) is 28.9. The number of nitrogens with zero attached hydrogens (tertiary/aromatic N) is 2. The van der Waals surface area contributed by atoms with Crippen molar-refractivity contribution >= 4 is 87.5 Å². The summed E-state index contributed by atoms with van der Waals surface area (Å²) in [5.74, 6) is 0. The summed E-state index contributed by atoms with van der Waals surface area (Å²) < 4.78 is 16.9. The molecule has 0 radical (unpaired) electrons. The molecule has 0 bridgehead atoms. The zero-order valence-corrected chi connectivity index (χ0v) is 28.2. The molecule has 4 aromatic heterocycles. The van der Waals surface area contributed by atoms with Gasteiger partial charge in [-0.2, -0.15) is 0 Å². The van der Waals surface area contributed by atoms with Gasteiger partial charge >= 0.3 is 0 Å². The van der Waals surface area contributed by atoms with Crippen LogP contribution < -0.4 is 10.9 Å². The van der Waals surface area contributed by atoms with Crippen LogP contribution in [0.4, 0.5) is 0 Å². The van der Waals surface area contributed by atoms with E-state index in [0.717, 1.165) is 77.2 Å². The molecule has 0 N–H and O–H groups in total. The van der Waals surface area contributed by atoms with E-state index in [0.29, 0.717) is 32.6 Å². The lowest BCUT2D eigenvalue weighted by molar-refractivity contribution is 0.669. The summed E-state index contributed by atoms with van der Waals surface area (Å²) in [5.41, 5.74) is 9.54. The van der Waals surface area contributed by atoms with Crippen LogP contribution in [0, 0.1) is 0 Å². The lowest BCUT2D eigenvalue weighted by Crippen LogP contribution is -2.14. The SMILES string of the molecule is Cn1c2cc3c(=O)c4cccc(-c5cccc6c5oc5ccccc56)c4n(C)c3cc2c(=O)c2cccc(-c3cccc4c3oc3ccccc34)c21. The highest BCUT2D eigenvalue weighted by Crippen LogP contribution is 2.40. The Morgan fingerprint density at radius 1 is 0.385 bits per heavy atom. The smallest absolute Gasteiger partial charge is 0.197 e. The van der Waals surface area contributed by atoms with Crippen LogP contribution in [-0.2, 0) is 14.1 Å². The number of hydrogen-bond donors (Lipinski definition) is 0. The third kappa shape index (κ3) is 3.73. The molecule has 6 nitrogen and oxygen atoms in total. The molecule has 52 heavy (non-hydrogen) atoms. The van der Waals surface area contributed by atoms with E-state index < -0.39 is 0 Å². The highest BCUT2D eigenvalue weighted by molar-refractivity contribution is 6.15. The molecule has 4 heterocycles. The standard InChI is InChI=1S/C46H28N2O4/c1-47-37-23-36-38(48(2)42-28(14-8-20-34(42)44(36)50)32-18-10-16-30-26-12-4-6-22-40(26)52-46(30)32)24-35(37)43(49)33-19-7-13-27(41(33)47)31-17-9-15-29-25-11-3-5-21-39(25)51-45(29)31/h3-24H,1-2H3. The second kappa shape index (κ2) is 10.3. The lowest BCUT2D eigenvalue weighted by atomic mass is 9.96. The van der Waals surface area contributed by atoms with E-state index in [1.165, 1.54) is 0 Å². The van der Waals surface area contributed by atoms with Gasteiger partial charge in [-0.3, -0.25) is 9.59 Å². The predicted octanol–water partition coefficient (Wildman–Crippen LogP) is 10.8. The van der Waals surface area contributed by atoms with Gasteiger partial charge in [0.1, 0.15) is 22.3 Å². The summed E-state index contributed by atoms with van der Waals surface area (Å²) in [4.78, 5) is 29.0. The number of para-hydroxylation sites is 6. The van der Waals surface area contributed by atoms with Gasteiger partial charge in [-0.1, -0.05) is 97.1 Å². The molecule has 0 fully saturated rings. The van der Waals surface area contributed by atoms with E-state index >= 15 is 0 Å². The highest BCUT2D eigenvalue weighted by Gasteiger charge is 2.21. The second-order valence-electron chi connectivity index (χ2n) is 13.6. The van der Waals surface area contributed by atoms with Crippen LogP contribution in [0.3, 0.4) is 0 Å². The summed E-state index contributed by atoms with van der Waals surface area (Å²) in [7, 11) is 3.94. The van der Waals surface area contributed by atoms with Gasteiger partial charge in [-0.15, -0.1) is 0 Å². The van der Waals surface area contributed by atoms with Gasteiger partial charge in [-0.25, -0.2) is 0 Å². The fraction of sp³-hybridized carbons (Fsp3) is 0.0435. The largest absolute Gasteiger partial charge is 0.455 e. The van der Waals surface area contributed by atoms with Crippen molar-refractivity contribution in [1.82, 2.24) is 9.13 Å². The van der Waals surface area contributed by atoms with Crippen LogP contribution in [0.25, 0.3) is 110 Å². The Balaban J connectivity index is 1.20. The van der Waals surface area contributed by atoms with E-state index in [2.05, 4.69) is 24.3 Å². The van der Waals surface area contributed by atoms with Crippen LogP contribution >= 0.6 is 0 Å². The first-order valence-corrected chi connectivity index (χ1v) is 17.3. The van der Waals surface area contributed by atoms with E-state index in [1.54, 1.807) is 0 Å². The van der Waals surface area contributed by atoms with Gasteiger partial charge in [-0.05, 0) is 36.4 Å². The molecule has 0 atom stereocenters. The Morgan fingerprint density at radius 2 is 0.750 bits per heavy atom. The Labute approximate surface area is 294 Å². The molecule has 6 heteroatoms. The van der Waals surface area contributed by atoms with Gasteiger partial charge in [0.05, 0.1) is 22.1 Å². The minimum atomic E-state index is -0.0866. The normalized spacial score (nSPS) is 12.2. The minimum Gasteiger partial charge on any atom is -0.455 e. The van der Waals surface area contributed by atoms with Crippen molar-refractivity contribution in [2.75, 3.05) is 0 Å². The Hall–Kier alpha value is -6.92. The van der Waals surface area contributed by atoms with Crippen molar-refractivity contribution in [1.29, 1.82) is 0 Å². The maximum Gasteiger partial charge on any atom is 0.197 e. The molecule has 0 saturated carbocycles. The van der Waals surface area contributed by atoms with Crippen LogP contribution in [0.15, 0.2) is 152 Å². The minimum absolute atomic E-state index is 0.0866. The number of aryl methyl sites for hydroxylation is 2. The van der Waals surface area contributed by atoms with E-state index in [1.807, 2.05) is 132 Å². The molecular weight excluding hydrogens is 645 g/mol. The number of pyridine rings is 2. The quantitative estimate of drug-likeness (QED) is 0.171. The van der Waals surface area contributed by atoms with Crippen LogP contribution in [-0.4, -0.2) is 9.13 Å². The first-order chi connectivity index (χ1) is 25.5. The fourth-order valence-corrected chi connectivity index (χ4v) is 8.56. The number of rotatable bonds is 2. The topological polar surface area (TPSA) is 70.3 Å². The van der Waals surface area contributed by atoms with Gasteiger partial charge < -0.3 is 18.0 Å². The zero-order valence-electron chi connectivity index (χ0n) is 28.2. The van der Waals surface area contributed by atoms with Crippen molar-refractivity contribution in [2.45, 2.75) is 0 Å². The number of fused-ring (bicyclic) bond motifs is 10. The maximum atomic E-state index is 14.5. The number of hydrogen-bond acceptors (Lipinski definition) is 4.